The number of rotatable bonds is 3. The van der Waals surface area contributed by atoms with Gasteiger partial charge in [-0.1, -0.05) is 0 Å². The fourth-order valence-electron chi connectivity index (χ4n) is 0.261. The van der Waals surface area contributed by atoms with Crippen LogP contribution in [-0.4, -0.2) is 41.7 Å². The molecule has 0 saturated heterocycles. The van der Waals surface area contributed by atoms with Crippen molar-refractivity contribution in [3.05, 3.63) is 0 Å². The third-order valence-electron chi connectivity index (χ3n) is 0.683. The molecule has 0 aromatic heterocycles. The molecule has 0 aliphatic heterocycles. The topological polar surface area (TPSA) is 173 Å². The van der Waals surface area contributed by atoms with Gasteiger partial charge in [-0.15, -0.1) is 9.79 Å². The lowest BCUT2D eigenvalue weighted by atomic mass is 11.0. The summed E-state index contributed by atoms with van der Waals surface area (Å²) in [6.07, 6.45) is -1.53. The summed E-state index contributed by atoms with van der Waals surface area (Å²) in [4.78, 5) is 46.8. The summed E-state index contributed by atoms with van der Waals surface area (Å²) in [5, 5.41) is 0. The van der Waals surface area contributed by atoms with Gasteiger partial charge in [-0.25, -0.2) is 0 Å². The van der Waals surface area contributed by atoms with Gasteiger partial charge in [0, 0.05) is 4.57 Å². The molecule has 0 aliphatic carbocycles. The van der Waals surface area contributed by atoms with Crippen LogP contribution in [0.2, 0.25) is 0 Å². The third-order valence-corrected chi connectivity index (χ3v) is 2.65. The molecule has 0 aromatic carbocycles. The molecule has 0 saturated carbocycles. The Morgan fingerprint density at radius 1 is 0.857 bits per heavy atom. The minimum absolute atomic E-state index is 0.767. The van der Waals surface area contributed by atoms with Crippen molar-refractivity contribution < 1.29 is 43.1 Å². The zero-order chi connectivity index (χ0) is 12.0. The predicted octanol–water partition coefficient (Wildman–Crippen LogP) is -1.03. The summed E-state index contributed by atoms with van der Waals surface area (Å²) < 4.78 is 28.8. The maximum atomic E-state index is 10.0. The van der Waals surface area contributed by atoms with Crippen LogP contribution in [0.5, 0.6) is 0 Å². The maximum absolute atomic E-state index is 10.0. The first-order chi connectivity index (χ1) is 5.94. The highest BCUT2D eigenvalue weighted by atomic mass is 31.2. The molecule has 12 heteroatoms. The van der Waals surface area contributed by atoms with Gasteiger partial charge in [0.2, 0.25) is 0 Å². The van der Waals surface area contributed by atoms with Gasteiger partial charge in [0.05, 0.1) is 12.3 Å². The summed E-state index contributed by atoms with van der Waals surface area (Å²) in [7, 11) is -11.4. The van der Waals surface area contributed by atoms with Crippen LogP contribution in [0.15, 0.2) is 0 Å². The zero-order valence-corrected chi connectivity index (χ0v) is 9.35. The number of hydrogen-bond donors (Lipinski definition) is 6. The van der Waals surface area contributed by atoms with Gasteiger partial charge in [-0.3, -0.25) is 9.13 Å². The highest BCUT2D eigenvalue weighted by molar-refractivity contribution is 7.56. The summed E-state index contributed by atoms with van der Waals surface area (Å²) in [6.45, 7) is 0. The highest BCUT2D eigenvalue weighted by Gasteiger charge is 2.20. The standard InChI is InChI=1S/C2H8O6P2.HO3P/c3-9(4,5)1-2-10(6,7)8;1-4(2)3/h1-2H2,(H2,3,4,5)(H2,6,7,8);(H-,1,2,3)/p+1. The van der Waals surface area contributed by atoms with Crippen LogP contribution < -0.4 is 0 Å². The van der Waals surface area contributed by atoms with E-state index < -0.39 is 35.8 Å². The van der Waals surface area contributed by atoms with Crippen LogP contribution in [0.25, 0.3) is 0 Å². The lowest BCUT2D eigenvalue weighted by Crippen LogP contribution is -1.95. The van der Waals surface area contributed by atoms with Gasteiger partial charge in [0.15, 0.2) is 0 Å². The van der Waals surface area contributed by atoms with Gasteiger partial charge in [0.25, 0.3) is 0 Å². The molecule has 0 rings (SSSR count). The Kier molecular flexibility index (Phi) is 8.06. The molecule has 86 valence electrons. The highest BCUT2D eigenvalue weighted by Crippen LogP contribution is 2.42. The van der Waals surface area contributed by atoms with Crippen LogP contribution in [0.1, 0.15) is 0 Å². The average Bonchev–Trinajstić information content (AvgIpc) is 1.79. The van der Waals surface area contributed by atoms with E-state index in [1.165, 1.54) is 0 Å². The molecule has 6 N–H and O–H groups in total. The van der Waals surface area contributed by atoms with Crippen LogP contribution in [0.3, 0.4) is 0 Å². The Morgan fingerprint density at radius 3 is 1.07 bits per heavy atom. The smallest absolute Gasteiger partial charge is 0.324 e. The molecule has 0 heterocycles. The van der Waals surface area contributed by atoms with Crippen LogP contribution >= 0.6 is 23.4 Å². The lowest BCUT2D eigenvalue weighted by Gasteiger charge is -2.03. The SMILES string of the molecule is O=P(O)(O)CCP(=O)(O)O.O=[P+](O)O. The monoisotopic (exact) mass is 271 g/mol. The first-order valence-electron chi connectivity index (χ1n) is 2.88. The molecule has 9 nitrogen and oxygen atoms in total. The fraction of sp³-hybridized carbons (Fsp3) is 1.00. The number of hydrogen-bond acceptors (Lipinski definition) is 3. The van der Waals surface area contributed by atoms with Crippen LogP contribution in [-0.2, 0) is 13.7 Å². The van der Waals surface area contributed by atoms with Crippen molar-refractivity contribution in [3.8, 4) is 0 Å². The van der Waals surface area contributed by atoms with E-state index in [9.17, 15) is 9.13 Å². The molecule has 0 aromatic rings. The Bertz CT molecular complexity index is 233. The molecule has 0 unspecified atom stereocenters. The zero-order valence-electron chi connectivity index (χ0n) is 6.66. The van der Waals surface area contributed by atoms with Gasteiger partial charge in [0.1, 0.15) is 0 Å². The second-order valence-electron chi connectivity index (χ2n) is 2.03. The van der Waals surface area contributed by atoms with Crippen LogP contribution in [0.4, 0.5) is 0 Å². The fourth-order valence-corrected chi connectivity index (χ4v) is 2.34. The minimum Gasteiger partial charge on any atom is -0.324 e. The second kappa shape index (κ2) is 6.74. The summed E-state index contributed by atoms with van der Waals surface area (Å²) in [6, 6.07) is 0. The van der Waals surface area contributed by atoms with Gasteiger partial charge in [-0.05, 0) is 0 Å². The Labute approximate surface area is 79.7 Å². The molecule has 0 bridgehead atoms. The van der Waals surface area contributed by atoms with E-state index in [1.807, 2.05) is 0 Å². The molecular formula is C2H10O9P3+. The summed E-state index contributed by atoms with van der Waals surface area (Å²) in [5.74, 6) is 0. The molecular weight excluding hydrogens is 261 g/mol. The summed E-state index contributed by atoms with van der Waals surface area (Å²) in [5.41, 5.74) is 0. The van der Waals surface area contributed by atoms with Crippen molar-refractivity contribution in [2.45, 2.75) is 0 Å². The molecule has 0 fully saturated rings. The first-order valence-corrected chi connectivity index (χ1v) is 7.64. The van der Waals surface area contributed by atoms with E-state index in [0.29, 0.717) is 0 Å². The van der Waals surface area contributed by atoms with Crippen molar-refractivity contribution in [2.75, 3.05) is 12.3 Å². The van der Waals surface area contributed by atoms with E-state index in [0.717, 1.165) is 0 Å². The average molecular weight is 271 g/mol. The van der Waals surface area contributed by atoms with Crippen molar-refractivity contribution in [2.24, 2.45) is 0 Å². The first kappa shape index (κ1) is 16.7. The van der Waals surface area contributed by atoms with Crippen molar-refractivity contribution in [3.63, 3.8) is 0 Å². The van der Waals surface area contributed by atoms with Crippen LogP contribution in [0, 0.1) is 0 Å². The van der Waals surface area contributed by atoms with E-state index in [4.69, 9.17) is 33.9 Å². The minimum atomic E-state index is -4.25. The van der Waals surface area contributed by atoms with E-state index in [1.54, 1.807) is 0 Å². The quantitative estimate of drug-likeness (QED) is 0.351. The second-order valence-corrected chi connectivity index (χ2v) is 6.09. The van der Waals surface area contributed by atoms with E-state index >= 15 is 0 Å². The Balaban J connectivity index is 0. The largest absolute Gasteiger partial charge is 0.692 e. The van der Waals surface area contributed by atoms with Crippen molar-refractivity contribution in [1.82, 2.24) is 0 Å². The molecule has 0 radical (unpaired) electrons. The van der Waals surface area contributed by atoms with E-state index in [-0.39, 0.29) is 0 Å². The maximum Gasteiger partial charge on any atom is 0.692 e. The van der Waals surface area contributed by atoms with Gasteiger partial charge >= 0.3 is 23.4 Å². The van der Waals surface area contributed by atoms with Gasteiger partial charge < -0.3 is 19.6 Å². The molecule has 14 heavy (non-hydrogen) atoms. The van der Waals surface area contributed by atoms with Crippen molar-refractivity contribution in [1.29, 1.82) is 0 Å². The Hall–Kier alpha value is 0.320. The normalized spacial score (nSPS) is 11.6. The molecule has 0 atom stereocenters. The Morgan fingerprint density at radius 2 is 1.00 bits per heavy atom. The van der Waals surface area contributed by atoms with E-state index in [2.05, 4.69) is 0 Å². The third kappa shape index (κ3) is 29.5. The molecule has 0 aliphatic rings. The molecule has 0 spiro atoms. The molecule has 0 amide bonds. The lowest BCUT2D eigenvalue weighted by molar-refractivity contribution is 0.360. The van der Waals surface area contributed by atoms with Gasteiger partial charge in [-0.2, -0.15) is 0 Å². The summed E-state index contributed by atoms with van der Waals surface area (Å²) >= 11 is 0. The predicted molar refractivity (Wildman–Crippen MR) is 45.9 cm³/mol. The van der Waals surface area contributed by atoms with Crippen molar-refractivity contribution >= 4 is 23.4 Å².